The molecule has 362 valence electrons. The second-order valence-electron chi connectivity index (χ2n) is 18.8. The molecule has 0 unspecified atom stereocenters. The first kappa shape index (κ1) is 47.5. The van der Waals surface area contributed by atoms with Gasteiger partial charge in [0.05, 0.1) is 97.2 Å². The molecule has 78 heavy (non-hydrogen) atoms. The number of aromatic nitrogens is 2. The molecule has 0 saturated heterocycles. The van der Waals surface area contributed by atoms with Crippen LogP contribution in [0.5, 0.6) is 0 Å². The zero-order valence-electron chi connectivity index (χ0n) is 40.8. The second-order valence-corrected chi connectivity index (χ2v) is 18.8. The highest BCUT2D eigenvalue weighted by Gasteiger charge is 2.32. The molecule has 0 spiro atoms. The summed E-state index contributed by atoms with van der Waals surface area (Å²) < 4.78 is 48.6. The van der Waals surface area contributed by atoms with Crippen LogP contribution < -0.4 is 0 Å². The summed E-state index contributed by atoms with van der Waals surface area (Å²) in [7, 11) is 0. The second kappa shape index (κ2) is 18.8. The number of hydrogen-bond acceptors (Lipinski definition) is 6. The molecule has 0 aliphatic rings. The predicted molar refractivity (Wildman–Crippen MR) is 296 cm³/mol. The summed E-state index contributed by atoms with van der Waals surface area (Å²) in [4.78, 5) is 0. The number of hydrogen-bond donors (Lipinski definition) is 0. The van der Waals surface area contributed by atoms with E-state index in [1.165, 1.54) is 6.07 Å². The van der Waals surface area contributed by atoms with Crippen molar-refractivity contribution in [3.8, 4) is 103 Å². The third kappa shape index (κ3) is 8.17. The highest BCUT2D eigenvalue weighted by Crippen LogP contribution is 2.44. The molecule has 10 aromatic carbocycles. The third-order valence-electron chi connectivity index (χ3n) is 14.2. The average molecular weight is 1010 g/mol. The van der Waals surface area contributed by atoms with E-state index in [-0.39, 0.29) is 22.3 Å². The van der Waals surface area contributed by atoms with Crippen molar-refractivity contribution >= 4 is 43.6 Å². The summed E-state index contributed by atoms with van der Waals surface area (Å²) in [6.07, 6.45) is -4.82. The smallest absolute Gasteiger partial charge is 0.308 e. The molecule has 0 atom stereocenters. The van der Waals surface area contributed by atoms with Crippen molar-refractivity contribution in [1.29, 1.82) is 31.6 Å². The minimum absolute atomic E-state index is 0.0703. The molecule has 0 amide bonds. The molecular weight excluding hydrogens is 974 g/mol. The van der Waals surface area contributed by atoms with Crippen molar-refractivity contribution in [3.63, 3.8) is 0 Å². The monoisotopic (exact) mass is 1010 g/mol. The van der Waals surface area contributed by atoms with Gasteiger partial charge in [-0.2, -0.15) is 44.7 Å². The van der Waals surface area contributed by atoms with Gasteiger partial charge in [0, 0.05) is 21.5 Å². The standard InChI is InChI=1S/C67H33F3N8/c68-67(69,70)55-26-44(38-75)25-53(27-55)54-32-65(77-61-28-49(45-9-1-5-40(21-45)34-71)13-17-56(61)57-18-14-50(29-62(57)77)46-10-2-6-41(22-46)35-72)60(39-76)66(33-54)78-63-30-51(47-11-3-7-42(23-47)36-73)15-19-58(63)59-20-16-52(31-64(59)78)48-12-4-8-43(24-48)37-74/h1-33H. The van der Waals surface area contributed by atoms with Crippen molar-refractivity contribution in [2.75, 3.05) is 0 Å². The lowest BCUT2D eigenvalue weighted by atomic mass is 9.96. The van der Waals surface area contributed by atoms with Gasteiger partial charge in [-0.1, -0.05) is 97.1 Å². The zero-order chi connectivity index (χ0) is 53.8. The number of nitrogens with zero attached hydrogens (tertiary/aromatic N) is 8. The molecule has 0 N–H and O–H groups in total. The van der Waals surface area contributed by atoms with Crippen molar-refractivity contribution in [2.45, 2.75) is 6.18 Å². The molecule has 0 aliphatic carbocycles. The van der Waals surface area contributed by atoms with Crippen molar-refractivity contribution in [3.05, 3.63) is 239 Å². The van der Waals surface area contributed by atoms with Crippen molar-refractivity contribution < 1.29 is 13.2 Å². The summed E-state index contributed by atoms with van der Waals surface area (Å²) in [6, 6.07) is 72.3. The highest BCUT2D eigenvalue weighted by atomic mass is 19.4. The summed E-state index contributed by atoms with van der Waals surface area (Å²) in [5.74, 6) is 0. The number of alkyl halides is 3. The normalized spacial score (nSPS) is 11.2. The van der Waals surface area contributed by atoms with E-state index in [1.807, 2.05) is 112 Å². The van der Waals surface area contributed by atoms with Crippen LogP contribution >= 0.6 is 0 Å². The zero-order valence-corrected chi connectivity index (χ0v) is 40.8. The van der Waals surface area contributed by atoms with Gasteiger partial charge in [-0.3, -0.25) is 0 Å². The van der Waals surface area contributed by atoms with E-state index >= 15 is 0 Å². The van der Waals surface area contributed by atoms with Gasteiger partial charge in [0.1, 0.15) is 11.6 Å². The molecule has 8 nitrogen and oxygen atoms in total. The number of halogens is 3. The molecule has 12 rings (SSSR count). The van der Waals surface area contributed by atoms with Gasteiger partial charge in [-0.15, -0.1) is 0 Å². The maximum Gasteiger partial charge on any atom is 0.416 e. The van der Waals surface area contributed by atoms with Crippen LogP contribution in [0.3, 0.4) is 0 Å². The Labute approximate surface area is 444 Å². The van der Waals surface area contributed by atoms with Crippen LogP contribution in [0.1, 0.15) is 38.9 Å². The Morgan fingerprint density at radius 3 is 0.872 bits per heavy atom. The first-order valence-corrected chi connectivity index (χ1v) is 24.4. The van der Waals surface area contributed by atoms with Crippen LogP contribution in [0.25, 0.3) is 111 Å². The van der Waals surface area contributed by atoms with Crippen LogP contribution in [0.15, 0.2) is 200 Å². The molecule has 12 aromatic rings. The largest absolute Gasteiger partial charge is 0.416 e. The van der Waals surface area contributed by atoms with E-state index < -0.39 is 11.7 Å². The molecular formula is C67H33F3N8. The highest BCUT2D eigenvalue weighted by molar-refractivity contribution is 6.13. The molecule has 0 fully saturated rings. The Bertz CT molecular complexity index is 4330. The summed E-state index contributed by atoms with van der Waals surface area (Å²) in [6.45, 7) is 0. The van der Waals surface area contributed by atoms with Crippen LogP contribution in [0, 0.1) is 68.0 Å². The first-order valence-electron chi connectivity index (χ1n) is 24.4. The summed E-state index contributed by atoms with van der Waals surface area (Å²) >= 11 is 0. The number of rotatable bonds is 7. The topological polar surface area (TPSA) is 153 Å². The van der Waals surface area contributed by atoms with E-state index in [1.54, 1.807) is 84.9 Å². The van der Waals surface area contributed by atoms with Gasteiger partial charge in [0.2, 0.25) is 0 Å². The molecule has 0 aliphatic heterocycles. The SMILES string of the molecule is N#Cc1cccc(-c2ccc3c4ccc(-c5cccc(C#N)c5)cc4n(-c4cc(-c5cc(C#N)cc(C(F)(F)F)c5)cc(-n5c6cc(-c7cccc(C#N)c7)ccc6c6ccc(-c7cccc(C#N)c7)cc65)c4C#N)c3c2)c1. The van der Waals surface area contributed by atoms with Crippen molar-refractivity contribution in [1.82, 2.24) is 9.13 Å². The number of fused-ring (bicyclic) bond motifs is 6. The van der Waals surface area contributed by atoms with Crippen LogP contribution in [0.4, 0.5) is 13.2 Å². The molecule has 0 radical (unpaired) electrons. The van der Waals surface area contributed by atoms with E-state index in [0.717, 1.165) is 78.2 Å². The Morgan fingerprint density at radius 1 is 0.282 bits per heavy atom. The van der Waals surface area contributed by atoms with E-state index in [2.05, 4.69) is 30.3 Å². The summed E-state index contributed by atoms with van der Waals surface area (Å²) in [5.41, 5.74) is 10.2. The molecule has 0 saturated carbocycles. The Hall–Kier alpha value is -11.5. The first-order chi connectivity index (χ1) is 38.0. The Balaban J connectivity index is 1.26. The van der Waals surface area contributed by atoms with Gasteiger partial charge < -0.3 is 9.13 Å². The maximum atomic E-state index is 14.9. The van der Waals surface area contributed by atoms with Crippen LogP contribution in [-0.2, 0) is 6.18 Å². The van der Waals surface area contributed by atoms with Crippen LogP contribution in [0.2, 0.25) is 0 Å². The lowest BCUT2D eigenvalue weighted by Gasteiger charge is -2.20. The average Bonchev–Trinajstić information content (AvgIpc) is 4.18. The Morgan fingerprint density at radius 2 is 0.577 bits per heavy atom. The molecule has 0 bridgehead atoms. The predicted octanol–water partition coefficient (Wildman–Crippen LogP) is 16.5. The van der Waals surface area contributed by atoms with E-state index in [4.69, 9.17) is 0 Å². The maximum absolute atomic E-state index is 14.9. The van der Waals surface area contributed by atoms with Gasteiger partial charge in [0.25, 0.3) is 0 Å². The fourth-order valence-electron chi connectivity index (χ4n) is 10.6. The molecule has 2 aromatic heterocycles. The lowest BCUT2D eigenvalue weighted by molar-refractivity contribution is -0.137. The van der Waals surface area contributed by atoms with Gasteiger partial charge in [-0.25, -0.2) is 0 Å². The molecule has 2 heterocycles. The minimum atomic E-state index is -4.82. The minimum Gasteiger partial charge on any atom is -0.308 e. The van der Waals surface area contributed by atoms with E-state index in [0.29, 0.717) is 55.7 Å². The fourth-order valence-corrected chi connectivity index (χ4v) is 10.6. The lowest BCUT2D eigenvalue weighted by Crippen LogP contribution is -2.07. The van der Waals surface area contributed by atoms with E-state index in [9.17, 15) is 44.7 Å². The van der Waals surface area contributed by atoms with Gasteiger partial charge in [-0.05, 0) is 159 Å². The molecule has 11 heteroatoms. The number of nitriles is 6. The summed E-state index contributed by atoms with van der Waals surface area (Å²) in [5, 5.41) is 65.0. The van der Waals surface area contributed by atoms with Crippen LogP contribution in [-0.4, -0.2) is 9.13 Å². The number of benzene rings is 10. The van der Waals surface area contributed by atoms with Gasteiger partial charge in [0.15, 0.2) is 0 Å². The Kier molecular flexibility index (Phi) is 11.4. The quantitative estimate of drug-likeness (QED) is 0.155. The fraction of sp³-hybridized carbons (Fsp3) is 0.0149. The third-order valence-corrected chi connectivity index (χ3v) is 14.2. The van der Waals surface area contributed by atoms with Gasteiger partial charge >= 0.3 is 6.18 Å². The van der Waals surface area contributed by atoms with Crippen molar-refractivity contribution in [2.24, 2.45) is 0 Å².